The van der Waals surface area contributed by atoms with Crippen LogP contribution >= 0.6 is 0 Å². The van der Waals surface area contributed by atoms with Gasteiger partial charge < -0.3 is 14.6 Å². The van der Waals surface area contributed by atoms with Crippen LogP contribution in [0.4, 0.5) is 0 Å². The van der Waals surface area contributed by atoms with E-state index in [-0.39, 0.29) is 12.0 Å². The van der Waals surface area contributed by atoms with Crippen LogP contribution in [0.5, 0.6) is 0 Å². The fraction of sp³-hybridized carbons (Fsp3) is 0.533. The lowest BCUT2D eigenvalue weighted by Crippen LogP contribution is -2.26. The number of nitrogens with one attached hydrogen (secondary N) is 1. The van der Waals surface area contributed by atoms with Crippen LogP contribution in [0.1, 0.15) is 42.0 Å². The molecule has 0 atom stereocenters. The minimum absolute atomic E-state index is 0.138. The fourth-order valence-electron chi connectivity index (χ4n) is 2.09. The number of pyridine rings is 1. The summed E-state index contributed by atoms with van der Waals surface area (Å²) in [6, 6.07) is 1.76. The molecule has 2 aromatic heterocycles. The molecule has 0 spiro atoms. The number of aryl methyl sites for hydroxylation is 2. The Kier molecular flexibility index (Phi) is 4.90. The van der Waals surface area contributed by atoms with E-state index in [1.807, 2.05) is 20.8 Å². The molecule has 0 saturated heterocycles. The Bertz CT molecular complexity index is 634. The molecule has 6 nitrogen and oxygen atoms in total. The van der Waals surface area contributed by atoms with Crippen LogP contribution in [0.15, 0.2) is 10.6 Å². The lowest BCUT2D eigenvalue weighted by Gasteiger charge is -2.09. The van der Waals surface area contributed by atoms with Crippen molar-refractivity contribution in [3.8, 4) is 0 Å². The maximum absolute atomic E-state index is 12.3. The highest BCUT2D eigenvalue weighted by Gasteiger charge is 2.17. The van der Waals surface area contributed by atoms with Crippen LogP contribution in [0, 0.1) is 13.8 Å². The average Bonchev–Trinajstić information content (AvgIpc) is 2.78. The first-order valence-corrected chi connectivity index (χ1v) is 7.12. The molecule has 0 aliphatic carbocycles. The van der Waals surface area contributed by atoms with Gasteiger partial charge in [0.1, 0.15) is 0 Å². The summed E-state index contributed by atoms with van der Waals surface area (Å²) in [5.41, 5.74) is 2.36. The van der Waals surface area contributed by atoms with Crippen molar-refractivity contribution in [2.75, 3.05) is 13.2 Å². The quantitative estimate of drug-likeness (QED) is 0.827. The molecule has 0 aromatic carbocycles. The van der Waals surface area contributed by atoms with Crippen LogP contribution in [-0.4, -0.2) is 35.3 Å². The summed E-state index contributed by atoms with van der Waals surface area (Å²) in [5, 5.41) is 7.44. The molecule has 6 heteroatoms. The number of nitrogens with zero attached hydrogens (tertiary/aromatic N) is 2. The molecule has 0 aliphatic rings. The number of carbonyl (C=O) groups excluding carboxylic acids is 1. The van der Waals surface area contributed by atoms with Gasteiger partial charge in [-0.15, -0.1) is 0 Å². The first-order valence-electron chi connectivity index (χ1n) is 7.12. The van der Waals surface area contributed by atoms with Crippen molar-refractivity contribution >= 4 is 17.0 Å². The molecule has 0 saturated carbocycles. The summed E-state index contributed by atoms with van der Waals surface area (Å²) < 4.78 is 10.6. The Morgan fingerprint density at radius 2 is 2.19 bits per heavy atom. The number of hydrogen-bond acceptors (Lipinski definition) is 5. The normalized spacial score (nSPS) is 11.3. The van der Waals surface area contributed by atoms with E-state index in [1.165, 1.54) is 0 Å². The Labute approximate surface area is 123 Å². The molecule has 21 heavy (non-hydrogen) atoms. The van der Waals surface area contributed by atoms with E-state index in [2.05, 4.69) is 15.5 Å². The first kappa shape index (κ1) is 15.4. The van der Waals surface area contributed by atoms with E-state index in [9.17, 15) is 4.79 Å². The van der Waals surface area contributed by atoms with E-state index in [1.54, 1.807) is 13.0 Å². The van der Waals surface area contributed by atoms with Crippen molar-refractivity contribution < 1.29 is 14.1 Å². The maximum Gasteiger partial charge on any atom is 0.258 e. The van der Waals surface area contributed by atoms with Crippen molar-refractivity contribution in [2.24, 2.45) is 0 Å². The zero-order chi connectivity index (χ0) is 15.4. The van der Waals surface area contributed by atoms with Crippen molar-refractivity contribution in [2.45, 2.75) is 40.2 Å². The molecule has 2 aromatic rings. The second kappa shape index (κ2) is 6.67. The minimum atomic E-state index is -0.138. The second-order valence-corrected chi connectivity index (χ2v) is 5.29. The molecule has 0 radical (unpaired) electrons. The maximum atomic E-state index is 12.3. The van der Waals surface area contributed by atoms with Gasteiger partial charge in [0, 0.05) is 18.8 Å². The number of hydrogen-bond donors (Lipinski definition) is 1. The molecule has 0 bridgehead atoms. The highest BCUT2D eigenvalue weighted by atomic mass is 16.5. The highest BCUT2D eigenvalue weighted by molar-refractivity contribution is 6.05. The van der Waals surface area contributed by atoms with Crippen LogP contribution in [0.25, 0.3) is 11.1 Å². The number of carbonyl (C=O) groups is 1. The van der Waals surface area contributed by atoms with Gasteiger partial charge >= 0.3 is 0 Å². The molecule has 0 unspecified atom stereocenters. The fourth-order valence-corrected chi connectivity index (χ4v) is 2.09. The van der Waals surface area contributed by atoms with Crippen molar-refractivity contribution in [1.82, 2.24) is 15.5 Å². The van der Waals surface area contributed by atoms with Gasteiger partial charge in [-0.1, -0.05) is 5.16 Å². The number of ether oxygens (including phenoxy) is 1. The molecule has 1 N–H and O–H groups in total. The number of amides is 1. The predicted octanol–water partition coefficient (Wildman–Crippen LogP) is 2.38. The Balaban J connectivity index is 2.04. The first-order chi connectivity index (χ1) is 9.99. The van der Waals surface area contributed by atoms with Gasteiger partial charge in [-0.05, 0) is 40.2 Å². The molecule has 2 heterocycles. The predicted molar refractivity (Wildman–Crippen MR) is 79.3 cm³/mol. The second-order valence-electron chi connectivity index (χ2n) is 5.29. The monoisotopic (exact) mass is 291 g/mol. The van der Waals surface area contributed by atoms with Crippen LogP contribution in [-0.2, 0) is 4.74 Å². The standard InChI is InChI=1S/C15H21N3O3/c1-9(2)20-7-5-6-16-14(19)12-8-10(3)17-15-13(12)11(4)18-21-15/h8-9H,5-7H2,1-4H3,(H,16,19). The number of fused-ring (bicyclic) bond motifs is 1. The third-order valence-corrected chi connectivity index (χ3v) is 3.05. The molecule has 1 amide bonds. The van der Waals surface area contributed by atoms with Crippen molar-refractivity contribution in [1.29, 1.82) is 0 Å². The van der Waals surface area contributed by atoms with E-state index in [0.717, 1.165) is 12.1 Å². The summed E-state index contributed by atoms with van der Waals surface area (Å²) >= 11 is 0. The SMILES string of the molecule is Cc1cc(C(=O)NCCCOC(C)C)c2c(C)noc2n1. The van der Waals surface area contributed by atoms with Crippen LogP contribution < -0.4 is 5.32 Å². The van der Waals surface area contributed by atoms with Crippen molar-refractivity contribution in [3.05, 3.63) is 23.0 Å². The molecular weight excluding hydrogens is 270 g/mol. The zero-order valence-electron chi connectivity index (χ0n) is 12.9. The zero-order valence-corrected chi connectivity index (χ0v) is 12.9. The minimum Gasteiger partial charge on any atom is -0.379 e. The largest absolute Gasteiger partial charge is 0.379 e. The average molecular weight is 291 g/mol. The van der Waals surface area contributed by atoms with Crippen LogP contribution in [0.2, 0.25) is 0 Å². The van der Waals surface area contributed by atoms with Crippen LogP contribution in [0.3, 0.4) is 0 Å². The smallest absolute Gasteiger partial charge is 0.258 e. The van der Waals surface area contributed by atoms with E-state index in [4.69, 9.17) is 9.26 Å². The molecule has 2 rings (SSSR count). The van der Waals surface area contributed by atoms with Gasteiger partial charge in [0.15, 0.2) is 0 Å². The summed E-state index contributed by atoms with van der Waals surface area (Å²) in [6.07, 6.45) is 0.988. The highest BCUT2D eigenvalue weighted by Crippen LogP contribution is 2.21. The summed E-state index contributed by atoms with van der Waals surface area (Å²) in [5.74, 6) is -0.138. The topological polar surface area (TPSA) is 77.2 Å². The Morgan fingerprint density at radius 1 is 1.43 bits per heavy atom. The van der Waals surface area contributed by atoms with Gasteiger partial charge in [-0.2, -0.15) is 0 Å². The molecular formula is C15H21N3O3. The number of aromatic nitrogens is 2. The van der Waals surface area contributed by atoms with Gasteiger partial charge in [0.25, 0.3) is 11.6 Å². The lowest BCUT2D eigenvalue weighted by atomic mass is 10.1. The summed E-state index contributed by atoms with van der Waals surface area (Å²) in [4.78, 5) is 16.5. The number of rotatable bonds is 6. The summed E-state index contributed by atoms with van der Waals surface area (Å²) in [7, 11) is 0. The lowest BCUT2D eigenvalue weighted by molar-refractivity contribution is 0.0757. The van der Waals surface area contributed by atoms with E-state index in [0.29, 0.717) is 35.5 Å². The molecule has 0 fully saturated rings. The Hall–Kier alpha value is -1.95. The van der Waals surface area contributed by atoms with Gasteiger partial charge in [-0.3, -0.25) is 4.79 Å². The molecule has 114 valence electrons. The van der Waals surface area contributed by atoms with Gasteiger partial charge in [0.05, 0.1) is 22.7 Å². The van der Waals surface area contributed by atoms with E-state index >= 15 is 0 Å². The third-order valence-electron chi connectivity index (χ3n) is 3.05. The third kappa shape index (κ3) is 3.78. The Morgan fingerprint density at radius 3 is 2.90 bits per heavy atom. The molecule has 0 aliphatic heterocycles. The van der Waals surface area contributed by atoms with E-state index < -0.39 is 0 Å². The van der Waals surface area contributed by atoms with Gasteiger partial charge in [0.2, 0.25) is 0 Å². The summed E-state index contributed by atoms with van der Waals surface area (Å²) in [6.45, 7) is 8.81. The van der Waals surface area contributed by atoms with Gasteiger partial charge in [-0.25, -0.2) is 4.98 Å². The van der Waals surface area contributed by atoms with Crippen molar-refractivity contribution in [3.63, 3.8) is 0 Å².